The number of anilines is 1. The van der Waals surface area contributed by atoms with Crippen molar-refractivity contribution in [3.05, 3.63) is 54.4 Å². The predicted molar refractivity (Wildman–Crippen MR) is 129 cm³/mol. The average molecular weight is 503 g/mol. The van der Waals surface area contributed by atoms with Crippen LogP contribution in [0.3, 0.4) is 0 Å². The van der Waals surface area contributed by atoms with Crippen LogP contribution < -0.4 is 10.6 Å². The van der Waals surface area contributed by atoms with Gasteiger partial charge in [-0.05, 0) is 35.9 Å². The third-order valence-corrected chi connectivity index (χ3v) is 7.89. The summed E-state index contributed by atoms with van der Waals surface area (Å²) in [5, 5.41) is 5.42. The predicted octanol–water partition coefficient (Wildman–Crippen LogP) is 0.568. The molecule has 0 aliphatic carbocycles. The normalized spacial score (nSPS) is 17.7. The number of sulfonamides is 1. The Hall–Kier alpha value is -3.06. The number of carbonyl (C=O) groups is 2. The Labute approximate surface area is 205 Å². The molecule has 2 aromatic rings. The molecule has 1 aromatic carbocycles. The second-order valence-electron chi connectivity index (χ2n) is 8.37. The van der Waals surface area contributed by atoms with E-state index in [-0.39, 0.29) is 17.3 Å². The third kappa shape index (κ3) is 6.75. The summed E-state index contributed by atoms with van der Waals surface area (Å²) in [4.78, 5) is 32.5. The molecule has 0 bridgehead atoms. The minimum atomic E-state index is -3.67. The molecule has 0 unspecified atom stereocenters. The lowest BCUT2D eigenvalue weighted by molar-refractivity contribution is -0.136. The first-order valence-electron chi connectivity index (χ1n) is 11.5. The molecule has 0 radical (unpaired) electrons. The quantitative estimate of drug-likeness (QED) is 0.567. The van der Waals surface area contributed by atoms with E-state index in [2.05, 4.69) is 15.6 Å². The number of hydrogen-bond acceptors (Lipinski definition) is 7. The summed E-state index contributed by atoms with van der Waals surface area (Å²) in [5.41, 5.74) is 1.36. The van der Waals surface area contributed by atoms with E-state index in [0.717, 1.165) is 5.56 Å². The van der Waals surface area contributed by atoms with Crippen molar-refractivity contribution in [3.8, 4) is 0 Å². The maximum absolute atomic E-state index is 13.1. The van der Waals surface area contributed by atoms with E-state index in [1.165, 1.54) is 16.4 Å². The molecule has 4 rings (SSSR count). The smallest absolute Gasteiger partial charge is 0.319 e. The number of pyridine rings is 1. The van der Waals surface area contributed by atoms with E-state index in [1.807, 2.05) is 11.0 Å². The fraction of sp³-hybridized carbons (Fsp3) is 0.435. The molecule has 2 saturated heterocycles. The second-order valence-corrected chi connectivity index (χ2v) is 10.3. The van der Waals surface area contributed by atoms with E-state index in [9.17, 15) is 18.0 Å². The zero-order valence-electron chi connectivity index (χ0n) is 19.4. The van der Waals surface area contributed by atoms with Gasteiger partial charge in [0.05, 0.1) is 24.7 Å². The highest BCUT2D eigenvalue weighted by Crippen LogP contribution is 2.20. The van der Waals surface area contributed by atoms with Gasteiger partial charge in [-0.1, -0.05) is 6.07 Å². The van der Waals surface area contributed by atoms with Crippen molar-refractivity contribution < 1.29 is 22.7 Å². The van der Waals surface area contributed by atoms with Crippen LogP contribution in [0.15, 0.2) is 53.7 Å². The molecule has 2 aliphatic rings. The molecule has 2 aliphatic heterocycles. The van der Waals surface area contributed by atoms with Crippen LogP contribution in [-0.2, 0) is 26.1 Å². The van der Waals surface area contributed by atoms with Crippen molar-refractivity contribution in [1.82, 2.24) is 24.4 Å². The number of benzene rings is 1. The van der Waals surface area contributed by atoms with Crippen LogP contribution >= 0.6 is 0 Å². The lowest BCUT2D eigenvalue weighted by Gasteiger charge is -2.35. The molecule has 1 aromatic heterocycles. The highest BCUT2D eigenvalue weighted by Gasteiger charge is 2.30. The number of piperazine rings is 1. The first kappa shape index (κ1) is 25.0. The van der Waals surface area contributed by atoms with E-state index in [1.54, 1.807) is 35.5 Å². The van der Waals surface area contributed by atoms with Crippen molar-refractivity contribution in [1.29, 1.82) is 0 Å². The zero-order chi connectivity index (χ0) is 24.7. The van der Waals surface area contributed by atoms with Crippen LogP contribution in [0.2, 0.25) is 0 Å². The van der Waals surface area contributed by atoms with Crippen molar-refractivity contribution in [2.45, 2.75) is 11.4 Å². The molecule has 3 heterocycles. The number of aromatic nitrogens is 1. The van der Waals surface area contributed by atoms with Crippen molar-refractivity contribution in [3.63, 3.8) is 0 Å². The van der Waals surface area contributed by atoms with Gasteiger partial charge in [0.2, 0.25) is 15.9 Å². The summed E-state index contributed by atoms with van der Waals surface area (Å²) >= 11 is 0. The first-order valence-corrected chi connectivity index (χ1v) is 13.0. The van der Waals surface area contributed by atoms with Gasteiger partial charge in [0.1, 0.15) is 0 Å². The van der Waals surface area contributed by atoms with Gasteiger partial charge in [-0.15, -0.1) is 0 Å². The maximum Gasteiger partial charge on any atom is 0.319 e. The lowest BCUT2D eigenvalue weighted by Crippen LogP contribution is -2.52. The van der Waals surface area contributed by atoms with Crippen LogP contribution in [0.1, 0.15) is 5.56 Å². The highest BCUT2D eigenvalue weighted by atomic mass is 32.2. The second kappa shape index (κ2) is 11.6. The summed E-state index contributed by atoms with van der Waals surface area (Å²) < 4.78 is 32.9. The number of urea groups is 1. The minimum Gasteiger partial charge on any atom is -0.378 e. The Balaban J connectivity index is 1.25. The molecule has 11 nitrogen and oxygen atoms in total. The molecule has 3 amide bonds. The molecule has 2 fully saturated rings. The number of carbonyl (C=O) groups excluding carboxylic acids is 2. The van der Waals surface area contributed by atoms with Crippen molar-refractivity contribution in [2.75, 3.05) is 64.3 Å². The number of ether oxygens (including phenoxy) is 1. The van der Waals surface area contributed by atoms with Gasteiger partial charge in [0.25, 0.3) is 0 Å². The molecule has 2 N–H and O–H groups in total. The van der Waals surface area contributed by atoms with Gasteiger partial charge in [-0.3, -0.25) is 14.7 Å². The van der Waals surface area contributed by atoms with E-state index < -0.39 is 16.1 Å². The summed E-state index contributed by atoms with van der Waals surface area (Å²) in [5.74, 6) is 0.0529. The molecule has 12 heteroatoms. The number of nitrogens with zero attached hydrogens (tertiary/aromatic N) is 4. The summed E-state index contributed by atoms with van der Waals surface area (Å²) in [6, 6.07) is 9.35. The van der Waals surface area contributed by atoms with E-state index in [4.69, 9.17) is 4.74 Å². The van der Waals surface area contributed by atoms with Crippen LogP contribution in [0.4, 0.5) is 10.5 Å². The number of amides is 3. The van der Waals surface area contributed by atoms with E-state index in [0.29, 0.717) is 64.7 Å². The lowest BCUT2D eigenvalue weighted by atomic mass is 10.3. The molecule has 0 atom stereocenters. The van der Waals surface area contributed by atoms with Gasteiger partial charge < -0.3 is 20.3 Å². The van der Waals surface area contributed by atoms with Crippen LogP contribution in [-0.4, -0.2) is 98.5 Å². The van der Waals surface area contributed by atoms with Crippen molar-refractivity contribution >= 4 is 27.6 Å². The monoisotopic (exact) mass is 502 g/mol. The Bertz CT molecular complexity index is 1100. The molecule has 0 spiro atoms. The topological polar surface area (TPSA) is 124 Å². The Morgan fingerprint density at radius 3 is 2.34 bits per heavy atom. The molecular weight excluding hydrogens is 472 g/mol. The third-order valence-electron chi connectivity index (χ3n) is 5.98. The van der Waals surface area contributed by atoms with Crippen LogP contribution in [0, 0.1) is 0 Å². The Morgan fingerprint density at radius 1 is 0.971 bits per heavy atom. The summed E-state index contributed by atoms with van der Waals surface area (Å²) in [6.07, 6.45) is 3.33. The van der Waals surface area contributed by atoms with Crippen molar-refractivity contribution in [2.24, 2.45) is 0 Å². The SMILES string of the molecule is O=C(NCc1cccnc1)Nc1ccc(S(=O)(=O)N2CCN(CC(=O)N3CCOCC3)CC2)cc1. The Kier molecular flexibility index (Phi) is 8.29. The largest absolute Gasteiger partial charge is 0.378 e. The Morgan fingerprint density at radius 2 is 1.69 bits per heavy atom. The van der Waals surface area contributed by atoms with Crippen LogP contribution in [0.5, 0.6) is 0 Å². The average Bonchev–Trinajstić information content (AvgIpc) is 2.89. The number of hydrogen-bond donors (Lipinski definition) is 2. The number of rotatable bonds is 7. The van der Waals surface area contributed by atoms with Gasteiger partial charge in [0.15, 0.2) is 0 Å². The fourth-order valence-corrected chi connectivity index (χ4v) is 5.37. The number of nitrogens with one attached hydrogen (secondary N) is 2. The van der Waals surface area contributed by atoms with E-state index >= 15 is 0 Å². The summed E-state index contributed by atoms with van der Waals surface area (Å²) in [7, 11) is -3.67. The minimum absolute atomic E-state index is 0.0529. The zero-order valence-corrected chi connectivity index (χ0v) is 20.2. The highest BCUT2D eigenvalue weighted by molar-refractivity contribution is 7.89. The first-order chi connectivity index (χ1) is 16.9. The molecule has 35 heavy (non-hydrogen) atoms. The standard InChI is InChI=1S/C23H30N6O5S/c30-22(28-12-14-34-15-13-28)18-27-8-10-29(11-9-27)35(32,33)21-5-3-20(4-6-21)26-23(31)25-17-19-2-1-7-24-16-19/h1-7,16H,8-15,17-18H2,(H2,25,26,31). The molecule has 0 saturated carbocycles. The van der Waals surface area contributed by atoms with Gasteiger partial charge in [-0.25, -0.2) is 13.2 Å². The number of morpholine rings is 1. The van der Waals surface area contributed by atoms with Crippen LogP contribution in [0.25, 0.3) is 0 Å². The summed E-state index contributed by atoms with van der Waals surface area (Å²) in [6.45, 7) is 4.55. The van der Waals surface area contributed by atoms with Gasteiger partial charge >= 0.3 is 6.03 Å². The molecule has 188 valence electrons. The molecular formula is C23H30N6O5S. The maximum atomic E-state index is 13.1. The van der Waals surface area contributed by atoms with Gasteiger partial charge in [-0.2, -0.15) is 4.31 Å². The van der Waals surface area contributed by atoms with Gasteiger partial charge in [0, 0.05) is 63.9 Å². The fourth-order valence-electron chi connectivity index (χ4n) is 3.95.